The van der Waals surface area contributed by atoms with Gasteiger partial charge < -0.3 is 5.32 Å². The molecule has 0 aromatic heterocycles. The number of nitrogens with one attached hydrogen (secondary N) is 1. The van der Waals surface area contributed by atoms with E-state index >= 15 is 0 Å². The molecule has 0 radical (unpaired) electrons. The van der Waals surface area contributed by atoms with Crippen LogP contribution in [0.2, 0.25) is 5.02 Å². The topological polar surface area (TPSA) is 58.4 Å². The molecule has 1 heterocycles. The average Bonchev–Trinajstić information content (AvgIpc) is 2.46. The molecule has 116 valence electrons. The summed E-state index contributed by atoms with van der Waals surface area (Å²) in [7, 11) is 0. The molecule has 5 nitrogen and oxygen atoms in total. The second kappa shape index (κ2) is 7.73. The summed E-state index contributed by atoms with van der Waals surface area (Å²) < 4.78 is 0. The molecule has 1 saturated heterocycles. The standard InChI is InChI=1S/C15H22ClN3O2/c1-2-17-10-14-5-3-4-8-18(14)11-12-9-13(16)6-7-15(12)19(20)21/h6-7,9,14,17H,2-5,8,10-11H2,1H3. The predicted octanol–water partition coefficient (Wildman–Crippen LogP) is 3.21. The van der Waals surface area contributed by atoms with E-state index in [0.717, 1.165) is 32.5 Å². The maximum Gasteiger partial charge on any atom is 0.273 e. The Morgan fingerprint density at radius 3 is 3.00 bits per heavy atom. The number of hydrogen-bond acceptors (Lipinski definition) is 4. The summed E-state index contributed by atoms with van der Waals surface area (Å²) in [6.07, 6.45) is 3.52. The lowest BCUT2D eigenvalue weighted by Gasteiger charge is -2.35. The van der Waals surface area contributed by atoms with Crippen LogP contribution in [0.4, 0.5) is 5.69 Å². The molecule has 1 N–H and O–H groups in total. The first kappa shape index (κ1) is 16.2. The lowest BCUT2D eigenvalue weighted by atomic mass is 10.0. The lowest BCUT2D eigenvalue weighted by Crippen LogP contribution is -2.45. The third-order valence-electron chi connectivity index (χ3n) is 3.99. The van der Waals surface area contributed by atoms with E-state index in [-0.39, 0.29) is 10.6 Å². The maximum atomic E-state index is 11.2. The van der Waals surface area contributed by atoms with Gasteiger partial charge in [-0.3, -0.25) is 15.0 Å². The van der Waals surface area contributed by atoms with Gasteiger partial charge in [-0.25, -0.2) is 0 Å². The van der Waals surface area contributed by atoms with Gasteiger partial charge in [0.2, 0.25) is 0 Å². The molecule has 21 heavy (non-hydrogen) atoms. The van der Waals surface area contributed by atoms with Gasteiger partial charge >= 0.3 is 0 Å². The van der Waals surface area contributed by atoms with Crippen molar-refractivity contribution >= 4 is 17.3 Å². The molecule has 0 spiro atoms. The van der Waals surface area contributed by atoms with Crippen molar-refractivity contribution < 1.29 is 4.92 Å². The largest absolute Gasteiger partial charge is 0.315 e. The van der Waals surface area contributed by atoms with E-state index in [0.29, 0.717) is 23.2 Å². The summed E-state index contributed by atoms with van der Waals surface area (Å²) in [6.45, 7) is 5.55. The Morgan fingerprint density at radius 2 is 2.29 bits per heavy atom. The van der Waals surface area contributed by atoms with Crippen LogP contribution in [-0.2, 0) is 6.54 Å². The van der Waals surface area contributed by atoms with E-state index in [1.165, 1.54) is 12.5 Å². The molecule has 1 atom stereocenters. The third kappa shape index (κ3) is 4.40. The molecule has 0 saturated carbocycles. The van der Waals surface area contributed by atoms with Crippen molar-refractivity contribution in [1.29, 1.82) is 0 Å². The van der Waals surface area contributed by atoms with Crippen LogP contribution in [-0.4, -0.2) is 35.5 Å². The van der Waals surface area contributed by atoms with Crippen LogP contribution in [0.25, 0.3) is 0 Å². The van der Waals surface area contributed by atoms with Gasteiger partial charge in [0.15, 0.2) is 0 Å². The van der Waals surface area contributed by atoms with Crippen LogP contribution < -0.4 is 5.32 Å². The van der Waals surface area contributed by atoms with Crippen molar-refractivity contribution in [2.75, 3.05) is 19.6 Å². The molecule has 6 heteroatoms. The second-order valence-corrected chi connectivity index (χ2v) is 5.89. The van der Waals surface area contributed by atoms with E-state index in [2.05, 4.69) is 17.1 Å². The summed E-state index contributed by atoms with van der Waals surface area (Å²) in [4.78, 5) is 13.2. The lowest BCUT2D eigenvalue weighted by molar-refractivity contribution is -0.385. The molecule has 1 aromatic carbocycles. The number of benzene rings is 1. The molecule has 1 aliphatic rings. The predicted molar refractivity (Wildman–Crippen MR) is 84.7 cm³/mol. The van der Waals surface area contributed by atoms with Crippen molar-refractivity contribution in [3.05, 3.63) is 38.9 Å². The van der Waals surface area contributed by atoms with E-state index in [4.69, 9.17) is 11.6 Å². The molecule has 0 amide bonds. The highest BCUT2D eigenvalue weighted by atomic mass is 35.5. The fourth-order valence-electron chi connectivity index (χ4n) is 2.89. The minimum Gasteiger partial charge on any atom is -0.315 e. The van der Waals surface area contributed by atoms with E-state index in [1.807, 2.05) is 0 Å². The highest BCUT2D eigenvalue weighted by Crippen LogP contribution is 2.27. The number of likely N-dealkylation sites (tertiary alicyclic amines) is 1. The molecular weight excluding hydrogens is 290 g/mol. The monoisotopic (exact) mass is 311 g/mol. The van der Waals surface area contributed by atoms with Crippen molar-refractivity contribution in [3.63, 3.8) is 0 Å². The van der Waals surface area contributed by atoms with Crippen molar-refractivity contribution in [1.82, 2.24) is 10.2 Å². The number of nitro benzene ring substituents is 1. The quantitative estimate of drug-likeness (QED) is 0.647. The Balaban J connectivity index is 2.14. The van der Waals surface area contributed by atoms with Gasteiger partial charge in [0.05, 0.1) is 4.92 Å². The van der Waals surface area contributed by atoms with Crippen molar-refractivity contribution in [2.45, 2.75) is 38.8 Å². The molecule has 1 aromatic rings. The van der Waals surface area contributed by atoms with Gasteiger partial charge in [0.1, 0.15) is 0 Å². The Labute approximate surface area is 130 Å². The summed E-state index contributed by atoms with van der Waals surface area (Å²) in [6, 6.07) is 5.24. The normalized spacial score (nSPS) is 19.6. The van der Waals surface area contributed by atoms with E-state index < -0.39 is 0 Å². The fraction of sp³-hybridized carbons (Fsp3) is 0.600. The van der Waals surface area contributed by atoms with Gasteiger partial charge in [-0.05, 0) is 38.1 Å². The highest BCUT2D eigenvalue weighted by Gasteiger charge is 2.24. The number of hydrogen-bond donors (Lipinski definition) is 1. The Morgan fingerprint density at radius 1 is 1.48 bits per heavy atom. The third-order valence-corrected chi connectivity index (χ3v) is 4.23. The molecular formula is C15H22ClN3O2. The first-order valence-corrected chi connectivity index (χ1v) is 7.87. The van der Waals surface area contributed by atoms with Gasteiger partial charge in [-0.1, -0.05) is 24.9 Å². The Kier molecular flexibility index (Phi) is 5.96. The van der Waals surface area contributed by atoms with Gasteiger partial charge in [-0.2, -0.15) is 0 Å². The number of likely N-dealkylation sites (N-methyl/N-ethyl adjacent to an activating group) is 1. The van der Waals surface area contributed by atoms with Crippen LogP contribution >= 0.6 is 11.6 Å². The van der Waals surface area contributed by atoms with Gasteiger partial charge in [-0.15, -0.1) is 0 Å². The zero-order chi connectivity index (χ0) is 15.2. The molecule has 0 bridgehead atoms. The highest BCUT2D eigenvalue weighted by molar-refractivity contribution is 6.30. The zero-order valence-corrected chi connectivity index (χ0v) is 13.1. The van der Waals surface area contributed by atoms with Gasteiger partial charge in [0.25, 0.3) is 5.69 Å². The summed E-state index contributed by atoms with van der Waals surface area (Å²) in [5.74, 6) is 0. The number of nitro groups is 1. The summed E-state index contributed by atoms with van der Waals surface area (Å²) >= 11 is 6.01. The van der Waals surface area contributed by atoms with Crippen LogP contribution in [0.3, 0.4) is 0 Å². The fourth-order valence-corrected chi connectivity index (χ4v) is 3.08. The van der Waals surface area contributed by atoms with Crippen LogP contribution in [0, 0.1) is 10.1 Å². The minimum absolute atomic E-state index is 0.159. The van der Waals surface area contributed by atoms with E-state index in [1.54, 1.807) is 12.1 Å². The number of rotatable bonds is 6. The number of piperidine rings is 1. The Hall–Kier alpha value is -1.17. The summed E-state index contributed by atoms with van der Waals surface area (Å²) in [5, 5.41) is 15.1. The van der Waals surface area contributed by atoms with Crippen LogP contribution in [0.1, 0.15) is 31.7 Å². The molecule has 1 unspecified atom stereocenters. The maximum absolute atomic E-state index is 11.2. The second-order valence-electron chi connectivity index (χ2n) is 5.46. The van der Waals surface area contributed by atoms with Crippen LogP contribution in [0.15, 0.2) is 18.2 Å². The zero-order valence-electron chi connectivity index (χ0n) is 12.3. The van der Waals surface area contributed by atoms with E-state index in [9.17, 15) is 10.1 Å². The first-order chi connectivity index (χ1) is 10.1. The summed E-state index contributed by atoms with van der Waals surface area (Å²) in [5.41, 5.74) is 0.864. The van der Waals surface area contributed by atoms with Crippen molar-refractivity contribution in [2.24, 2.45) is 0 Å². The molecule has 2 rings (SSSR count). The van der Waals surface area contributed by atoms with Crippen molar-refractivity contribution in [3.8, 4) is 0 Å². The Bertz CT molecular complexity index is 496. The first-order valence-electron chi connectivity index (χ1n) is 7.49. The average molecular weight is 312 g/mol. The number of halogens is 1. The smallest absolute Gasteiger partial charge is 0.273 e. The minimum atomic E-state index is -0.324. The van der Waals surface area contributed by atoms with Crippen LogP contribution in [0.5, 0.6) is 0 Å². The van der Waals surface area contributed by atoms with Gasteiger partial charge in [0, 0.05) is 35.8 Å². The molecule has 0 aliphatic carbocycles. The molecule has 1 fully saturated rings. The molecule has 1 aliphatic heterocycles. The number of nitrogens with zero attached hydrogens (tertiary/aromatic N) is 2. The SMILES string of the molecule is CCNCC1CCCCN1Cc1cc(Cl)ccc1[N+](=O)[O-].